The van der Waals surface area contributed by atoms with Gasteiger partial charge in [0.1, 0.15) is 5.94 Å². The van der Waals surface area contributed by atoms with Gasteiger partial charge in [-0.2, -0.15) is 0 Å². The molecule has 1 saturated heterocycles. The van der Waals surface area contributed by atoms with Crippen molar-refractivity contribution >= 4 is 32.9 Å². The molecule has 3 nitrogen and oxygen atoms in total. The number of carbonyl (C=O) groups excluding carboxylic acids is 1. The van der Waals surface area contributed by atoms with E-state index in [0.29, 0.717) is 0 Å². The lowest BCUT2D eigenvalue weighted by Gasteiger charge is -2.37. The molecule has 33 heavy (non-hydrogen) atoms. The van der Waals surface area contributed by atoms with Crippen molar-refractivity contribution in [2.75, 3.05) is 32.7 Å². The predicted octanol–water partition coefficient (Wildman–Crippen LogP) is 6.13. The first-order valence-electron chi connectivity index (χ1n) is 12.5. The van der Waals surface area contributed by atoms with Crippen LogP contribution in [0.4, 0.5) is 0 Å². The highest BCUT2D eigenvalue weighted by Crippen LogP contribution is 2.39. The topological polar surface area (TPSA) is 23.6 Å². The van der Waals surface area contributed by atoms with Crippen molar-refractivity contribution in [1.82, 2.24) is 9.80 Å². The van der Waals surface area contributed by atoms with Crippen LogP contribution in [0.25, 0.3) is 15.7 Å². The summed E-state index contributed by atoms with van der Waals surface area (Å²) >= 11 is 1.75. The number of thiophene rings is 1. The van der Waals surface area contributed by atoms with Gasteiger partial charge in [-0.05, 0) is 24.0 Å². The average Bonchev–Trinajstić information content (AvgIpc) is 3.52. The maximum atomic E-state index is 12.4. The van der Waals surface area contributed by atoms with E-state index in [1.807, 2.05) is 0 Å². The minimum Gasteiger partial charge on any atom is -0.300 e. The van der Waals surface area contributed by atoms with Gasteiger partial charge in [0.05, 0.1) is 0 Å². The van der Waals surface area contributed by atoms with Crippen LogP contribution < -0.4 is 0 Å². The van der Waals surface area contributed by atoms with Gasteiger partial charge in [-0.15, -0.1) is 11.3 Å². The molecule has 2 aliphatic rings. The van der Waals surface area contributed by atoms with Crippen molar-refractivity contribution in [1.29, 1.82) is 0 Å². The summed E-state index contributed by atoms with van der Waals surface area (Å²) in [7, 11) is 0. The monoisotopic (exact) mass is 458 g/mol. The second kappa shape index (κ2) is 10.8. The summed E-state index contributed by atoms with van der Waals surface area (Å²) in [6, 6.07) is 19.3. The smallest absolute Gasteiger partial charge is 0.128 e. The summed E-state index contributed by atoms with van der Waals surface area (Å²) in [5.41, 5.74) is 3.42. The lowest BCUT2D eigenvalue weighted by Crippen LogP contribution is -2.47. The summed E-state index contributed by atoms with van der Waals surface area (Å²) in [4.78, 5) is 17.5. The molecule has 0 N–H and O–H groups in total. The van der Waals surface area contributed by atoms with Crippen molar-refractivity contribution in [2.24, 2.45) is 11.8 Å². The zero-order valence-corrected chi connectivity index (χ0v) is 20.2. The van der Waals surface area contributed by atoms with Crippen molar-refractivity contribution in [3.8, 4) is 0 Å². The Kier molecular flexibility index (Phi) is 7.38. The quantitative estimate of drug-likeness (QED) is 0.379. The molecule has 3 aromatic rings. The Labute approximate surface area is 201 Å². The van der Waals surface area contributed by atoms with Crippen LogP contribution in [0.3, 0.4) is 0 Å². The molecule has 0 radical (unpaired) electrons. The van der Waals surface area contributed by atoms with E-state index in [1.165, 1.54) is 41.3 Å². The molecule has 5 rings (SSSR count). The van der Waals surface area contributed by atoms with Gasteiger partial charge >= 0.3 is 0 Å². The fourth-order valence-electron chi connectivity index (χ4n) is 5.76. The SMILES string of the molecule is O=C=C(c1csc2ccccc12)C(CC1CCCC1)CN1CCN(Cc2ccccc2)CC1. The number of nitrogens with zero attached hydrogens (tertiary/aromatic N) is 2. The molecule has 1 aliphatic heterocycles. The Hall–Kier alpha value is -2.23. The first kappa shape index (κ1) is 22.6. The largest absolute Gasteiger partial charge is 0.300 e. The van der Waals surface area contributed by atoms with Gasteiger partial charge in [0.25, 0.3) is 0 Å². The summed E-state index contributed by atoms with van der Waals surface area (Å²) in [6.45, 7) is 6.33. The fraction of sp³-hybridized carbons (Fsp3) is 0.448. The Balaban J connectivity index is 1.29. The van der Waals surface area contributed by atoms with Crippen molar-refractivity contribution in [3.63, 3.8) is 0 Å². The molecular formula is C29H34N2OS. The lowest BCUT2D eigenvalue weighted by atomic mass is 9.84. The third-order valence-electron chi connectivity index (χ3n) is 7.57. The molecule has 2 aromatic carbocycles. The number of benzene rings is 2. The first-order valence-corrected chi connectivity index (χ1v) is 13.4. The highest BCUT2D eigenvalue weighted by Gasteiger charge is 2.28. The third-order valence-corrected chi connectivity index (χ3v) is 8.54. The van der Waals surface area contributed by atoms with Gasteiger partial charge in [0, 0.05) is 71.8 Å². The molecule has 172 valence electrons. The summed E-state index contributed by atoms with van der Waals surface area (Å²) in [6.07, 6.45) is 6.45. The highest BCUT2D eigenvalue weighted by atomic mass is 32.1. The Bertz CT molecular complexity index is 1090. The van der Waals surface area contributed by atoms with Crippen LogP contribution in [0.2, 0.25) is 0 Å². The van der Waals surface area contributed by atoms with Crippen molar-refractivity contribution < 1.29 is 4.79 Å². The van der Waals surface area contributed by atoms with Crippen molar-refractivity contribution in [2.45, 2.75) is 38.6 Å². The van der Waals surface area contributed by atoms with Gasteiger partial charge in [0.15, 0.2) is 0 Å². The molecule has 1 unspecified atom stereocenters. The predicted molar refractivity (Wildman–Crippen MR) is 139 cm³/mol. The van der Waals surface area contributed by atoms with Gasteiger partial charge in [0.2, 0.25) is 0 Å². The van der Waals surface area contributed by atoms with E-state index in [-0.39, 0.29) is 5.92 Å². The van der Waals surface area contributed by atoms with E-state index in [1.54, 1.807) is 11.3 Å². The number of rotatable bonds is 8. The van der Waals surface area contributed by atoms with Crippen LogP contribution in [0.1, 0.15) is 43.2 Å². The van der Waals surface area contributed by atoms with E-state index < -0.39 is 0 Å². The van der Waals surface area contributed by atoms with Gasteiger partial charge in [-0.1, -0.05) is 74.2 Å². The molecule has 4 heteroatoms. The normalized spacial score (nSPS) is 19.0. The number of hydrogen-bond donors (Lipinski definition) is 0. The fourth-order valence-corrected chi connectivity index (χ4v) is 6.72. The number of hydrogen-bond acceptors (Lipinski definition) is 4. The molecule has 1 atom stereocenters. The maximum absolute atomic E-state index is 12.4. The standard InChI is InChI=1S/C29H34N2OS/c32-21-27(28-22-33-29-13-7-6-12-26(28)29)25(18-23-8-4-5-9-23)20-31-16-14-30(15-17-31)19-24-10-2-1-3-11-24/h1-3,6-7,10-13,22-23,25H,4-5,8-9,14-20H2. The lowest BCUT2D eigenvalue weighted by molar-refractivity contribution is 0.116. The molecule has 1 saturated carbocycles. The second-order valence-corrected chi connectivity index (χ2v) is 10.7. The number of piperazine rings is 1. The summed E-state index contributed by atoms with van der Waals surface area (Å²) in [5, 5.41) is 3.40. The van der Waals surface area contributed by atoms with Crippen LogP contribution in [-0.2, 0) is 11.3 Å². The third kappa shape index (κ3) is 5.47. The highest BCUT2D eigenvalue weighted by molar-refractivity contribution is 7.17. The van der Waals surface area contributed by atoms with Crippen LogP contribution in [0.15, 0.2) is 60.0 Å². The van der Waals surface area contributed by atoms with Crippen LogP contribution in [-0.4, -0.2) is 48.5 Å². The molecule has 2 fully saturated rings. The van der Waals surface area contributed by atoms with Gasteiger partial charge in [-0.3, -0.25) is 4.90 Å². The van der Waals surface area contributed by atoms with Gasteiger partial charge in [-0.25, -0.2) is 4.79 Å². The van der Waals surface area contributed by atoms with Crippen LogP contribution in [0, 0.1) is 11.8 Å². The molecule has 2 heterocycles. The molecule has 1 aromatic heterocycles. The van der Waals surface area contributed by atoms with E-state index in [9.17, 15) is 4.79 Å². The number of fused-ring (bicyclic) bond motifs is 1. The second-order valence-electron chi connectivity index (χ2n) is 9.81. The molecule has 0 spiro atoms. The molecule has 1 aliphatic carbocycles. The Morgan fingerprint density at radius 2 is 1.64 bits per heavy atom. The molecule has 0 amide bonds. The minimum atomic E-state index is 0.268. The van der Waals surface area contributed by atoms with E-state index in [2.05, 4.69) is 75.7 Å². The Morgan fingerprint density at radius 3 is 2.39 bits per heavy atom. The Morgan fingerprint density at radius 1 is 0.939 bits per heavy atom. The minimum absolute atomic E-state index is 0.268. The van der Waals surface area contributed by atoms with Crippen molar-refractivity contribution in [3.05, 3.63) is 71.1 Å². The van der Waals surface area contributed by atoms with E-state index in [4.69, 9.17) is 0 Å². The van der Waals surface area contributed by atoms with E-state index in [0.717, 1.165) is 62.7 Å². The van der Waals surface area contributed by atoms with E-state index >= 15 is 0 Å². The maximum Gasteiger partial charge on any atom is 0.128 e. The summed E-state index contributed by atoms with van der Waals surface area (Å²) < 4.78 is 1.26. The molecular weight excluding hydrogens is 424 g/mol. The zero-order valence-electron chi connectivity index (χ0n) is 19.4. The summed E-state index contributed by atoms with van der Waals surface area (Å²) in [5.74, 6) is 3.46. The first-order chi connectivity index (χ1) is 16.3. The van der Waals surface area contributed by atoms with Gasteiger partial charge < -0.3 is 4.90 Å². The average molecular weight is 459 g/mol. The zero-order chi connectivity index (χ0) is 22.5. The molecule has 0 bridgehead atoms. The van der Waals surface area contributed by atoms with Crippen LogP contribution >= 0.6 is 11.3 Å². The van der Waals surface area contributed by atoms with Crippen LogP contribution in [0.5, 0.6) is 0 Å².